The van der Waals surface area contributed by atoms with Crippen molar-refractivity contribution in [3.63, 3.8) is 0 Å². The molecule has 5 N–H and O–H groups in total. The average molecular weight is 756 g/mol. The van der Waals surface area contributed by atoms with Gasteiger partial charge in [-0.05, 0) is 69.2 Å². The molecule has 53 heavy (non-hydrogen) atoms. The van der Waals surface area contributed by atoms with E-state index < -0.39 is 41.4 Å². The Morgan fingerprint density at radius 3 is 2.26 bits per heavy atom. The van der Waals surface area contributed by atoms with Gasteiger partial charge in [-0.3, -0.25) is 28.9 Å². The van der Waals surface area contributed by atoms with Crippen LogP contribution in [-0.2, 0) is 32.0 Å². The number of ketones is 2. The lowest BCUT2D eigenvalue weighted by Gasteiger charge is -2.37. The van der Waals surface area contributed by atoms with Gasteiger partial charge in [-0.1, -0.05) is 65.3 Å². The van der Waals surface area contributed by atoms with Gasteiger partial charge >= 0.3 is 5.97 Å². The van der Waals surface area contributed by atoms with Crippen LogP contribution in [0, 0.1) is 23.7 Å². The van der Waals surface area contributed by atoms with Gasteiger partial charge in [0.15, 0.2) is 11.6 Å². The van der Waals surface area contributed by atoms with Gasteiger partial charge in [-0.2, -0.15) is 0 Å². The number of rotatable bonds is 21. The summed E-state index contributed by atoms with van der Waals surface area (Å²) in [6.07, 6.45) is 2.58. The number of aliphatic hydroxyl groups is 1. The largest absolute Gasteiger partial charge is 0.481 e. The summed E-state index contributed by atoms with van der Waals surface area (Å²) in [5, 5.41) is 25.8. The summed E-state index contributed by atoms with van der Waals surface area (Å²) in [5.74, 6) is -2.76. The highest BCUT2D eigenvalue weighted by atomic mass is 32.1. The molecule has 3 rings (SSSR count). The number of aliphatic carboxylic acids is 1. The van der Waals surface area contributed by atoms with E-state index in [9.17, 15) is 34.2 Å². The van der Waals surface area contributed by atoms with E-state index in [4.69, 9.17) is 5.73 Å². The first-order valence-corrected chi connectivity index (χ1v) is 19.8. The lowest BCUT2D eigenvalue weighted by atomic mass is 9.80. The van der Waals surface area contributed by atoms with Crippen molar-refractivity contribution in [1.82, 2.24) is 20.1 Å². The fraction of sp³-hybridized carbons (Fsp3) is 0.650. The first-order valence-electron chi connectivity index (χ1n) is 18.9. The Balaban J connectivity index is 1.72. The fourth-order valence-corrected chi connectivity index (χ4v) is 8.02. The molecule has 1 aromatic heterocycles. The molecule has 0 aliphatic carbocycles. The summed E-state index contributed by atoms with van der Waals surface area (Å²) in [6.45, 7) is 12.4. The molecule has 7 atom stereocenters. The minimum absolute atomic E-state index is 0.00402. The second-order valence-electron chi connectivity index (χ2n) is 15.6. The Bertz CT molecular complexity index is 1560. The summed E-state index contributed by atoms with van der Waals surface area (Å²) in [7, 11) is 3.71. The number of Topliss-reactive ketones (excluding diaryl/α,β-unsaturated/α-hetero) is 2. The van der Waals surface area contributed by atoms with Gasteiger partial charge in [0.1, 0.15) is 16.8 Å². The number of hydrogen-bond acceptors (Lipinski definition) is 10. The molecule has 1 aromatic carbocycles. The molecule has 1 saturated heterocycles. The summed E-state index contributed by atoms with van der Waals surface area (Å²) < 4.78 is 0. The van der Waals surface area contributed by atoms with E-state index in [0.717, 1.165) is 48.3 Å². The maximum atomic E-state index is 14.1. The Kier molecular flexibility index (Phi) is 16.3. The third-order valence-corrected chi connectivity index (χ3v) is 12.2. The topological polar surface area (TPSA) is 183 Å². The smallest absolute Gasteiger partial charge is 0.306 e. The van der Waals surface area contributed by atoms with Crippen LogP contribution in [0.15, 0.2) is 29.6 Å². The van der Waals surface area contributed by atoms with Crippen LogP contribution >= 0.6 is 11.3 Å². The third kappa shape index (κ3) is 11.7. The number of carbonyl (C=O) groups excluding carboxylic acids is 4. The van der Waals surface area contributed by atoms with Crippen LogP contribution in [0.3, 0.4) is 0 Å². The molecule has 0 radical (unpaired) electrons. The number of nitrogens with two attached hydrogens (primary N) is 1. The Hall–Kier alpha value is -3.52. The van der Waals surface area contributed by atoms with Crippen molar-refractivity contribution in [2.75, 3.05) is 27.2 Å². The van der Waals surface area contributed by atoms with Crippen molar-refractivity contribution in [1.29, 1.82) is 0 Å². The molecule has 2 aromatic rings. The van der Waals surface area contributed by atoms with E-state index in [-0.39, 0.29) is 73.3 Å². The molecule has 0 spiro atoms. The Morgan fingerprint density at radius 1 is 1.08 bits per heavy atom. The molecular formula is C40H61N5O7S. The Morgan fingerprint density at radius 2 is 1.72 bits per heavy atom. The number of hydrogen-bond donors (Lipinski definition) is 4. The number of nitrogens with one attached hydrogen (secondary N) is 1. The summed E-state index contributed by atoms with van der Waals surface area (Å²) >= 11 is 1.15. The molecule has 0 unspecified atom stereocenters. The first kappa shape index (κ1) is 43.9. The van der Waals surface area contributed by atoms with Gasteiger partial charge in [0.05, 0.1) is 18.0 Å². The normalized spacial score (nSPS) is 19.6. The SMILES string of the molecule is CC[C@H](C)[C@H](CC(=O)[C@@]1(C)CCCN1C)C(=O)N(C)[C@H](C[C@@H](O)c1nc(C(=O)N[C@@H](Cc2ccc(CC(=O)CN)cc2)C[C@H](C)C(=O)O)cs1)C(C)C. The lowest BCUT2D eigenvalue weighted by molar-refractivity contribution is -0.143. The molecule has 2 heterocycles. The number of carboxylic acids is 1. The van der Waals surface area contributed by atoms with Crippen molar-refractivity contribution in [2.45, 2.75) is 117 Å². The van der Waals surface area contributed by atoms with Crippen LogP contribution in [-0.4, -0.2) is 99.2 Å². The maximum Gasteiger partial charge on any atom is 0.306 e. The van der Waals surface area contributed by atoms with E-state index >= 15 is 0 Å². The average Bonchev–Trinajstić information content (AvgIpc) is 3.76. The highest BCUT2D eigenvalue weighted by molar-refractivity contribution is 7.09. The molecule has 13 heteroatoms. The number of nitrogens with zero attached hydrogens (tertiary/aromatic N) is 3. The van der Waals surface area contributed by atoms with Gasteiger partial charge in [-0.15, -0.1) is 11.3 Å². The first-order chi connectivity index (χ1) is 24.9. The van der Waals surface area contributed by atoms with Crippen LogP contribution in [0.2, 0.25) is 0 Å². The quantitative estimate of drug-likeness (QED) is 0.140. The summed E-state index contributed by atoms with van der Waals surface area (Å²) in [6, 6.07) is 6.48. The van der Waals surface area contributed by atoms with Crippen molar-refractivity contribution in [2.24, 2.45) is 29.4 Å². The van der Waals surface area contributed by atoms with Gasteiger partial charge in [0, 0.05) is 49.7 Å². The van der Waals surface area contributed by atoms with Gasteiger partial charge in [0.25, 0.3) is 5.91 Å². The van der Waals surface area contributed by atoms with Crippen LogP contribution in [0.4, 0.5) is 0 Å². The Labute approximate surface area is 318 Å². The standard InChI is InChI=1S/C40H61N5O7S/c1-9-25(4)31(20-35(48)40(6)15-10-16-44(40)7)38(50)45(8)33(24(2)3)21-34(47)37-43-32(23-53-37)36(49)42-29(17-26(5)39(51)52)18-27-11-13-28(14-12-27)19-30(46)22-41/h11-14,23-26,29,31,33-34,47H,9-10,15-22,41H2,1-8H3,(H,42,49)(H,51,52)/t25-,26-,29+,31-,33+,34+,40+/m0/s1. The minimum atomic E-state index is -1.05. The molecule has 294 valence electrons. The summed E-state index contributed by atoms with van der Waals surface area (Å²) in [4.78, 5) is 72.9. The lowest BCUT2D eigenvalue weighted by Crippen LogP contribution is -2.50. The summed E-state index contributed by atoms with van der Waals surface area (Å²) in [5.41, 5.74) is 6.66. The monoisotopic (exact) mass is 755 g/mol. The number of benzene rings is 1. The van der Waals surface area contributed by atoms with E-state index in [1.807, 2.05) is 65.9 Å². The highest BCUT2D eigenvalue weighted by Gasteiger charge is 2.43. The number of likely N-dealkylation sites (N-methyl/N-ethyl adjacent to an activating group) is 1. The molecular weight excluding hydrogens is 695 g/mol. The highest BCUT2D eigenvalue weighted by Crippen LogP contribution is 2.34. The number of likely N-dealkylation sites (tertiary alicyclic amines) is 1. The minimum Gasteiger partial charge on any atom is -0.481 e. The van der Waals surface area contributed by atoms with E-state index in [2.05, 4.69) is 15.2 Å². The molecule has 2 amide bonds. The maximum absolute atomic E-state index is 14.1. The number of carbonyl (C=O) groups is 5. The van der Waals surface area contributed by atoms with E-state index in [0.29, 0.717) is 11.4 Å². The molecule has 1 aliphatic rings. The van der Waals surface area contributed by atoms with Crippen molar-refractivity contribution >= 4 is 40.7 Å². The van der Waals surface area contributed by atoms with Gasteiger partial charge in [-0.25, -0.2) is 4.98 Å². The van der Waals surface area contributed by atoms with E-state index in [1.165, 1.54) is 0 Å². The zero-order valence-electron chi connectivity index (χ0n) is 32.8. The third-order valence-electron chi connectivity index (χ3n) is 11.3. The molecule has 12 nitrogen and oxygen atoms in total. The van der Waals surface area contributed by atoms with Crippen LogP contribution in [0.25, 0.3) is 0 Å². The van der Waals surface area contributed by atoms with Crippen molar-refractivity contribution < 1.29 is 34.2 Å². The van der Waals surface area contributed by atoms with E-state index in [1.54, 1.807) is 24.3 Å². The second kappa shape index (κ2) is 19.7. The number of carboxylic acid groups (broad SMARTS) is 1. The predicted molar refractivity (Wildman–Crippen MR) is 207 cm³/mol. The zero-order valence-corrected chi connectivity index (χ0v) is 33.6. The zero-order chi connectivity index (χ0) is 39.6. The number of amides is 2. The van der Waals surface area contributed by atoms with Crippen LogP contribution in [0.5, 0.6) is 0 Å². The second-order valence-corrected chi connectivity index (χ2v) is 16.5. The van der Waals surface area contributed by atoms with Crippen molar-refractivity contribution in [3.8, 4) is 0 Å². The van der Waals surface area contributed by atoms with Crippen molar-refractivity contribution in [3.05, 3.63) is 51.5 Å². The van der Waals surface area contributed by atoms with Crippen LogP contribution < -0.4 is 11.1 Å². The molecule has 1 aliphatic heterocycles. The van der Waals surface area contributed by atoms with Gasteiger partial charge in [0.2, 0.25) is 5.91 Å². The van der Waals surface area contributed by atoms with Gasteiger partial charge < -0.3 is 26.2 Å². The molecule has 0 saturated carbocycles. The van der Waals surface area contributed by atoms with Crippen LogP contribution in [0.1, 0.15) is 113 Å². The fourth-order valence-electron chi connectivity index (χ4n) is 7.22. The molecule has 0 bridgehead atoms. The number of aromatic nitrogens is 1. The predicted octanol–water partition coefficient (Wildman–Crippen LogP) is 4.68. The number of aliphatic hydroxyl groups excluding tert-OH is 1. The number of thiazole rings is 1. The molecule has 1 fully saturated rings.